The zero-order chi connectivity index (χ0) is 24.5. The van der Waals surface area contributed by atoms with Crippen LogP contribution in [0.5, 0.6) is 11.5 Å². The number of carbonyl (C=O) groups is 2. The molecule has 0 aliphatic rings. The van der Waals surface area contributed by atoms with Crippen LogP contribution in [0.25, 0.3) is 0 Å². The molecule has 9 nitrogen and oxygen atoms in total. The Morgan fingerprint density at radius 3 is 2.50 bits per heavy atom. The highest BCUT2D eigenvalue weighted by atomic mass is 32.2. The van der Waals surface area contributed by atoms with Gasteiger partial charge in [-0.2, -0.15) is 0 Å². The average Bonchev–Trinajstić information content (AvgIpc) is 3.27. The van der Waals surface area contributed by atoms with Crippen molar-refractivity contribution >= 4 is 29.3 Å². The van der Waals surface area contributed by atoms with Gasteiger partial charge in [-0.3, -0.25) is 9.59 Å². The van der Waals surface area contributed by atoms with E-state index in [9.17, 15) is 9.59 Å². The SMILES string of the molecule is CCOc1ccccc1NC(=O)CSc1nnc([C@@H](C)NC(=O)c2ccc(OC)cc2)n1CC. The Balaban J connectivity index is 1.62. The van der Waals surface area contributed by atoms with Crippen molar-refractivity contribution in [2.75, 3.05) is 24.8 Å². The van der Waals surface area contributed by atoms with Gasteiger partial charge in [-0.15, -0.1) is 10.2 Å². The number of methoxy groups -OCH3 is 1. The quantitative estimate of drug-likeness (QED) is 0.398. The van der Waals surface area contributed by atoms with Crippen molar-refractivity contribution in [1.82, 2.24) is 20.1 Å². The standard InChI is InChI=1S/C24H29N5O4S/c1-5-29-22(16(3)25-23(31)17-11-13-18(32-4)14-12-17)27-28-24(29)34-15-21(30)26-19-9-7-8-10-20(19)33-6-2/h7-14,16H,5-6,15H2,1-4H3,(H,25,31)(H,26,30)/t16-/m1/s1. The summed E-state index contributed by atoms with van der Waals surface area (Å²) in [5, 5.41) is 14.9. The molecule has 34 heavy (non-hydrogen) atoms. The molecule has 2 aromatic carbocycles. The van der Waals surface area contributed by atoms with E-state index in [1.807, 2.05) is 43.5 Å². The molecule has 0 unspecified atom stereocenters. The van der Waals surface area contributed by atoms with E-state index >= 15 is 0 Å². The van der Waals surface area contributed by atoms with Gasteiger partial charge in [0.15, 0.2) is 11.0 Å². The van der Waals surface area contributed by atoms with Gasteiger partial charge in [0.2, 0.25) is 5.91 Å². The van der Waals surface area contributed by atoms with Crippen LogP contribution in [0, 0.1) is 0 Å². The lowest BCUT2D eigenvalue weighted by Crippen LogP contribution is -2.28. The summed E-state index contributed by atoms with van der Waals surface area (Å²) in [7, 11) is 1.58. The Morgan fingerprint density at radius 2 is 1.82 bits per heavy atom. The van der Waals surface area contributed by atoms with E-state index in [2.05, 4.69) is 20.8 Å². The molecule has 180 valence electrons. The number of thioether (sulfide) groups is 1. The van der Waals surface area contributed by atoms with Crippen molar-refractivity contribution in [1.29, 1.82) is 0 Å². The molecule has 3 rings (SSSR count). The summed E-state index contributed by atoms with van der Waals surface area (Å²) < 4.78 is 12.6. The minimum absolute atomic E-state index is 0.158. The first-order valence-corrected chi connectivity index (χ1v) is 12.0. The lowest BCUT2D eigenvalue weighted by Gasteiger charge is -2.15. The molecule has 0 radical (unpaired) electrons. The Morgan fingerprint density at radius 1 is 1.09 bits per heavy atom. The maximum atomic E-state index is 12.6. The van der Waals surface area contributed by atoms with Crippen LogP contribution in [0.4, 0.5) is 5.69 Å². The smallest absolute Gasteiger partial charge is 0.251 e. The van der Waals surface area contributed by atoms with Crippen LogP contribution in [0.1, 0.15) is 43.0 Å². The van der Waals surface area contributed by atoms with Crippen LogP contribution in [-0.4, -0.2) is 46.0 Å². The number of rotatable bonds is 11. The van der Waals surface area contributed by atoms with Gasteiger partial charge in [-0.1, -0.05) is 23.9 Å². The van der Waals surface area contributed by atoms with Gasteiger partial charge in [-0.05, 0) is 57.2 Å². The molecule has 1 atom stereocenters. The van der Waals surface area contributed by atoms with Crippen LogP contribution in [0.2, 0.25) is 0 Å². The number of hydrogen-bond donors (Lipinski definition) is 2. The van der Waals surface area contributed by atoms with Crippen molar-refractivity contribution in [3.8, 4) is 11.5 Å². The van der Waals surface area contributed by atoms with Gasteiger partial charge in [0.1, 0.15) is 11.5 Å². The fourth-order valence-corrected chi connectivity index (χ4v) is 4.09. The van der Waals surface area contributed by atoms with Gasteiger partial charge < -0.3 is 24.7 Å². The zero-order valence-corrected chi connectivity index (χ0v) is 20.5. The molecule has 10 heteroatoms. The number of aromatic nitrogens is 3. The summed E-state index contributed by atoms with van der Waals surface area (Å²) in [4.78, 5) is 25.1. The number of nitrogens with zero attached hydrogens (tertiary/aromatic N) is 3. The molecule has 0 bridgehead atoms. The second-order valence-electron chi connectivity index (χ2n) is 7.27. The number of benzene rings is 2. The lowest BCUT2D eigenvalue weighted by molar-refractivity contribution is -0.113. The monoisotopic (exact) mass is 483 g/mol. The number of nitrogens with one attached hydrogen (secondary N) is 2. The molecule has 0 aliphatic heterocycles. The van der Waals surface area contributed by atoms with Crippen LogP contribution in [0.15, 0.2) is 53.7 Å². The second-order valence-corrected chi connectivity index (χ2v) is 8.22. The predicted octanol–water partition coefficient (Wildman–Crippen LogP) is 3.93. The Bertz CT molecular complexity index is 1120. The first-order valence-electron chi connectivity index (χ1n) is 11.0. The van der Waals surface area contributed by atoms with Gasteiger partial charge in [0, 0.05) is 12.1 Å². The minimum Gasteiger partial charge on any atom is -0.497 e. The summed E-state index contributed by atoms with van der Waals surface area (Å²) in [6.07, 6.45) is 0. The normalized spacial score (nSPS) is 11.5. The molecular weight excluding hydrogens is 454 g/mol. The highest BCUT2D eigenvalue weighted by Gasteiger charge is 2.20. The van der Waals surface area contributed by atoms with Crippen LogP contribution in [-0.2, 0) is 11.3 Å². The topological polar surface area (TPSA) is 107 Å². The van der Waals surface area contributed by atoms with Crippen LogP contribution < -0.4 is 20.1 Å². The molecular formula is C24H29N5O4S. The first-order chi connectivity index (χ1) is 16.5. The molecule has 0 aliphatic carbocycles. The first kappa shape index (κ1) is 25.1. The Labute approximate surface area is 203 Å². The second kappa shape index (κ2) is 12.1. The van der Waals surface area contributed by atoms with E-state index in [1.54, 1.807) is 37.4 Å². The highest BCUT2D eigenvalue weighted by Crippen LogP contribution is 2.25. The van der Waals surface area contributed by atoms with E-state index < -0.39 is 0 Å². The van der Waals surface area contributed by atoms with E-state index in [0.29, 0.717) is 46.9 Å². The summed E-state index contributed by atoms with van der Waals surface area (Å²) in [6.45, 7) is 6.82. The minimum atomic E-state index is -0.372. The van der Waals surface area contributed by atoms with E-state index in [-0.39, 0.29) is 23.6 Å². The molecule has 0 spiro atoms. The molecule has 0 saturated carbocycles. The number of hydrogen-bond acceptors (Lipinski definition) is 7. The summed E-state index contributed by atoms with van der Waals surface area (Å²) >= 11 is 1.29. The summed E-state index contributed by atoms with van der Waals surface area (Å²) in [6, 6.07) is 13.8. The lowest BCUT2D eigenvalue weighted by atomic mass is 10.2. The molecule has 0 fully saturated rings. The molecule has 2 amide bonds. The molecule has 1 heterocycles. The van der Waals surface area contributed by atoms with E-state index in [0.717, 1.165) is 0 Å². The number of ether oxygens (including phenoxy) is 2. The Kier molecular flexibility index (Phi) is 8.92. The number of anilines is 1. The maximum absolute atomic E-state index is 12.6. The van der Waals surface area contributed by atoms with Crippen LogP contribution in [0.3, 0.4) is 0 Å². The fraction of sp³-hybridized carbons (Fsp3) is 0.333. The van der Waals surface area contributed by atoms with E-state index in [4.69, 9.17) is 9.47 Å². The van der Waals surface area contributed by atoms with Crippen molar-refractivity contribution in [3.63, 3.8) is 0 Å². The third-order valence-corrected chi connectivity index (χ3v) is 5.91. The molecule has 1 aromatic heterocycles. The maximum Gasteiger partial charge on any atom is 0.251 e. The fourth-order valence-electron chi connectivity index (χ4n) is 3.28. The average molecular weight is 484 g/mol. The number of para-hydroxylation sites is 2. The van der Waals surface area contributed by atoms with Gasteiger partial charge in [0.05, 0.1) is 31.2 Å². The number of carbonyl (C=O) groups excluding carboxylic acids is 2. The van der Waals surface area contributed by atoms with Crippen molar-refractivity contribution in [2.45, 2.75) is 38.5 Å². The van der Waals surface area contributed by atoms with Gasteiger partial charge >= 0.3 is 0 Å². The zero-order valence-electron chi connectivity index (χ0n) is 19.7. The van der Waals surface area contributed by atoms with Gasteiger partial charge in [0.25, 0.3) is 5.91 Å². The third-order valence-electron chi connectivity index (χ3n) is 4.94. The largest absolute Gasteiger partial charge is 0.497 e. The third kappa shape index (κ3) is 6.28. The molecule has 0 saturated heterocycles. The van der Waals surface area contributed by atoms with Crippen LogP contribution >= 0.6 is 11.8 Å². The van der Waals surface area contributed by atoms with Crippen molar-refractivity contribution < 1.29 is 19.1 Å². The molecule has 3 aromatic rings. The highest BCUT2D eigenvalue weighted by molar-refractivity contribution is 7.99. The summed E-state index contributed by atoms with van der Waals surface area (Å²) in [5.74, 6) is 1.69. The Hall–Kier alpha value is -3.53. The van der Waals surface area contributed by atoms with E-state index in [1.165, 1.54) is 11.8 Å². The van der Waals surface area contributed by atoms with Crippen molar-refractivity contribution in [2.24, 2.45) is 0 Å². The number of amides is 2. The van der Waals surface area contributed by atoms with Crippen molar-refractivity contribution in [3.05, 3.63) is 59.9 Å². The molecule has 2 N–H and O–H groups in total. The summed E-state index contributed by atoms with van der Waals surface area (Å²) in [5.41, 5.74) is 1.15. The van der Waals surface area contributed by atoms with Gasteiger partial charge in [-0.25, -0.2) is 0 Å². The predicted molar refractivity (Wildman–Crippen MR) is 132 cm³/mol.